The SMILES string of the molecule is COCCN1CC[C@H]2CN(C(=O)c3ccccc3C)C[C@H]2C1=O. The fraction of sp³-hybridized carbons (Fsp3) is 0.556. The first kappa shape index (κ1) is 16.0. The number of likely N-dealkylation sites (tertiary alicyclic amines) is 2. The third-order valence-corrected chi connectivity index (χ3v) is 5.07. The van der Waals surface area contributed by atoms with Gasteiger partial charge in [0, 0.05) is 38.9 Å². The van der Waals surface area contributed by atoms with Gasteiger partial charge in [0.15, 0.2) is 0 Å². The maximum absolute atomic E-state index is 12.8. The average Bonchev–Trinajstić information content (AvgIpc) is 2.99. The second-order valence-electron chi connectivity index (χ2n) is 6.50. The van der Waals surface area contributed by atoms with Crippen LogP contribution in [-0.4, -0.2) is 61.5 Å². The van der Waals surface area contributed by atoms with Gasteiger partial charge in [0.25, 0.3) is 5.91 Å². The molecule has 0 aromatic heterocycles. The molecule has 2 aliphatic rings. The molecule has 2 atom stereocenters. The van der Waals surface area contributed by atoms with E-state index in [4.69, 9.17) is 4.74 Å². The molecule has 2 heterocycles. The van der Waals surface area contributed by atoms with Crippen molar-refractivity contribution in [2.24, 2.45) is 11.8 Å². The summed E-state index contributed by atoms with van der Waals surface area (Å²) in [5.74, 6) is 0.481. The minimum Gasteiger partial charge on any atom is -0.383 e. The van der Waals surface area contributed by atoms with Crippen molar-refractivity contribution in [3.63, 3.8) is 0 Å². The van der Waals surface area contributed by atoms with E-state index in [1.807, 2.05) is 41.0 Å². The first-order chi connectivity index (χ1) is 11.1. The van der Waals surface area contributed by atoms with E-state index in [1.165, 1.54) is 0 Å². The molecular weight excluding hydrogens is 292 g/mol. The standard InChI is InChI=1S/C18H24N2O3/c1-13-5-3-4-6-15(13)17(21)20-11-14-7-8-19(9-10-23-2)18(22)16(14)12-20/h3-6,14,16H,7-12H2,1-2H3/t14-,16+/m0/s1. The van der Waals surface area contributed by atoms with Crippen LogP contribution in [0.3, 0.4) is 0 Å². The highest BCUT2D eigenvalue weighted by molar-refractivity contribution is 5.96. The number of rotatable bonds is 4. The van der Waals surface area contributed by atoms with Crippen LogP contribution >= 0.6 is 0 Å². The predicted molar refractivity (Wildman–Crippen MR) is 87.1 cm³/mol. The summed E-state index contributed by atoms with van der Waals surface area (Å²) in [6.07, 6.45) is 0.970. The van der Waals surface area contributed by atoms with Gasteiger partial charge in [-0.25, -0.2) is 0 Å². The molecule has 23 heavy (non-hydrogen) atoms. The van der Waals surface area contributed by atoms with Crippen molar-refractivity contribution in [2.75, 3.05) is 39.9 Å². The molecule has 2 fully saturated rings. The van der Waals surface area contributed by atoms with Gasteiger partial charge in [-0.2, -0.15) is 0 Å². The summed E-state index contributed by atoms with van der Waals surface area (Å²) in [6.45, 7) is 5.17. The Balaban J connectivity index is 1.69. The van der Waals surface area contributed by atoms with Crippen molar-refractivity contribution in [3.05, 3.63) is 35.4 Å². The number of benzene rings is 1. The Bertz CT molecular complexity index is 602. The number of ether oxygens (including phenoxy) is 1. The monoisotopic (exact) mass is 316 g/mol. The molecule has 0 aliphatic carbocycles. The highest BCUT2D eigenvalue weighted by Crippen LogP contribution is 2.33. The molecule has 0 N–H and O–H groups in total. The molecule has 1 aromatic rings. The van der Waals surface area contributed by atoms with Gasteiger partial charge in [0.05, 0.1) is 12.5 Å². The summed E-state index contributed by atoms with van der Waals surface area (Å²) >= 11 is 0. The summed E-state index contributed by atoms with van der Waals surface area (Å²) in [5.41, 5.74) is 1.73. The van der Waals surface area contributed by atoms with E-state index in [-0.39, 0.29) is 17.7 Å². The molecule has 0 radical (unpaired) electrons. The topological polar surface area (TPSA) is 49.9 Å². The van der Waals surface area contributed by atoms with Crippen molar-refractivity contribution < 1.29 is 14.3 Å². The summed E-state index contributed by atoms with van der Waals surface area (Å²) in [5, 5.41) is 0. The third kappa shape index (κ3) is 3.11. The van der Waals surface area contributed by atoms with Gasteiger partial charge in [-0.15, -0.1) is 0 Å². The molecule has 3 rings (SSSR count). The maximum Gasteiger partial charge on any atom is 0.254 e. The highest BCUT2D eigenvalue weighted by Gasteiger charge is 2.44. The summed E-state index contributed by atoms with van der Waals surface area (Å²) in [6, 6.07) is 7.65. The molecule has 2 amide bonds. The van der Waals surface area contributed by atoms with Gasteiger partial charge in [0.1, 0.15) is 0 Å². The lowest BCUT2D eigenvalue weighted by atomic mass is 9.88. The van der Waals surface area contributed by atoms with Crippen LogP contribution in [0.1, 0.15) is 22.3 Å². The van der Waals surface area contributed by atoms with E-state index >= 15 is 0 Å². The number of amides is 2. The minimum atomic E-state index is -0.0476. The summed E-state index contributed by atoms with van der Waals surface area (Å²) in [7, 11) is 1.65. The number of fused-ring (bicyclic) bond motifs is 1. The Morgan fingerprint density at radius 3 is 2.83 bits per heavy atom. The molecule has 0 spiro atoms. The Labute approximate surface area is 137 Å². The number of carbonyl (C=O) groups excluding carboxylic acids is 2. The fourth-order valence-corrected chi connectivity index (χ4v) is 3.68. The van der Waals surface area contributed by atoms with Crippen molar-refractivity contribution in [2.45, 2.75) is 13.3 Å². The van der Waals surface area contributed by atoms with Gasteiger partial charge >= 0.3 is 0 Å². The summed E-state index contributed by atoms with van der Waals surface area (Å²) in [4.78, 5) is 29.1. The fourth-order valence-electron chi connectivity index (χ4n) is 3.68. The van der Waals surface area contributed by atoms with Gasteiger partial charge < -0.3 is 14.5 Å². The van der Waals surface area contributed by atoms with Crippen LogP contribution in [-0.2, 0) is 9.53 Å². The normalized spacial score (nSPS) is 24.0. The Morgan fingerprint density at radius 2 is 2.09 bits per heavy atom. The number of piperidine rings is 1. The van der Waals surface area contributed by atoms with Gasteiger partial charge in [-0.3, -0.25) is 9.59 Å². The number of hydrogen-bond acceptors (Lipinski definition) is 3. The highest BCUT2D eigenvalue weighted by atomic mass is 16.5. The van der Waals surface area contributed by atoms with Crippen molar-refractivity contribution in [1.82, 2.24) is 9.80 Å². The van der Waals surface area contributed by atoms with Crippen molar-refractivity contribution in [1.29, 1.82) is 0 Å². The molecule has 2 aliphatic heterocycles. The van der Waals surface area contributed by atoms with Gasteiger partial charge in [-0.05, 0) is 30.9 Å². The number of methoxy groups -OCH3 is 1. The van der Waals surface area contributed by atoms with Crippen LogP contribution in [0.15, 0.2) is 24.3 Å². The maximum atomic E-state index is 12.8. The zero-order chi connectivity index (χ0) is 16.4. The van der Waals surface area contributed by atoms with E-state index in [0.717, 1.165) is 24.1 Å². The Morgan fingerprint density at radius 1 is 1.30 bits per heavy atom. The number of carbonyl (C=O) groups is 2. The van der Waals surface area contributed by atoms with Crippen LogP contribution in [0.2, 0.25) is 0 Å². The molecule has 0 bridgehead atoms. The van der Waals surface area contributed by atoms with E-state index in [9.17, 15) is 9.59 Å². The minimum absolute atomic E-state index is 0.0476. The molecule has 2 saturated heterocycles. The zero-order valence-electron chi connectivity index (χ0n) is 13.8. The Kier molecular flexibility index (Phi) is 4.66. The van der Waals surface area contributed by atoms with E-state index in [0.29, 0.717) is 32.2 Å². The molecule has 5 heteroatoms. The largest absolute Gasteiger partial charge is 0.383 e. The van der Waals surface area contributed by atoms with E-state index in [2.05, 4.69) is 0 Å². The molecule has 5 nitrogen and oxygen atoms in total. The van der Waals surface area contributed by atoms with Gasteiger partial charge in [-0.1, -0.05) is 18.2 Å². The first-order valence-corrected chi connectivity index (χ1v) is 8.24. The van der Waals surface area contributed by atoms with Gasteiger partial charge in [0.2, 0.25) is 5.91 Å². The lowest BCUT2D eigenvalue weighted by Gasteiger charge is -2.33. The average molecular weight is 316 g/mol. The molecule has 1 aromatic carbocycles. The number of aryl methyl sites for hydroxylation is 1. The van der Waals surface area contributed by atoms with Crippen molar-refractivity contribution in [3.8, 4) is 0 Å². The lowest BCUT2D eigenvalue weighted by molar-refractivity contribution is -0.140. The quantitative estimate of drug-likeness (QED) is 0.847. The van der Waals surface area contributed by atoms with Crippen LogP contribution < -0.4 is 0 Å². The first-order valence-electron chi connectivity index (χ1n) is 8.24. The van der Waals surface area contributed by atoms with E-state index < -0.39 is 0 Å². The molecule has 0 saturated carbocycles. The van der Waals surface area contributed by atoms with Crippen LogP contribution in [0, 0.1) is 18.8 Å². The molecule has 0 unspecified atom stereocenters. The number of hydrogen-bond donors (Lipinski definition) is 0. The molecule has 124 valence electrons. The third-order valence-electron chi connectivity index (χ3n) is 5.07. The second-order valence-corrected chi connectivity index (χ2v) is 6.50. The lowest BCUT2D eigenvalue weighted by Crippen LogP contribution is -2.46. The van der Waals surface area contributed by atoms with Crippen LogP contribution in [0.4, 0.5) is 0 Å². The number of nitrogens with zero attached hydrogens (tertiary/aromatic N) is 2. The van der Waals surface area contributed by atoms with E-state index in [1.54, 1.807) is 7.11 Å². The second kappa shape index (κ2) is 6.71. The van der Waals surface area contributed by atoms with Crippen LogP contribution in [0.5, 0.6) is 0 Å². The smallest absolute Gasteiger partial charge is 0.254 e. The van der Waals surface area contributed by atoms with Crippen LogP contribution in [0.25, 0.3) is 0 Å². The van der Waals surface area contributed by atoms with Crippen molar-refractivity contribution >= 4 is 11.8 Å². The zero-order valence-corrected chi connectivity index (χ0v) is 13.8. The molecular formula is C18H24N2O3. The Hall–Kier alpha value is -1.88. The predicted octanol–water partition coefficient (Wildman–Crippen LogP) is 1.56. The summed E-state index contributed by atoms with van der Waals surface area (Å²) < 4.78 is 5.08.